The molecule has 0 aliphatic heterocycles. The van der Waals surface area contributed by atoms with E-state index in [2.05, 4.69) is 12.2 Å². The molecule has 88 valence electrons. The van der Waals surface area contributed by atoms with E-state index in [4.69, 9.17) is 5.73 Å². The van der Waals surface area contributed by atoms with Crippen molar-refractivity contribution < 1.29 is 4.79 Å². The highest BCUT2D eigenvalue weighted by Crippen LogP contribution is 2.36. The maximum Gasteiger partial charge on any atom is 0.224 e. The molecule has 3 nitrogen and oxygen atoms in total. The van der Waals surface area contributed by atoms with Gasteiger partial charge in [0.05, 0.1) is 0 Å². The monoisotopic (exact) mass is 212 g/mol. The van der Waals surface area contributed by atoms with Crippen LogP contribution in [-0.2, 0) is 4.79 Å². The molecule has 0 spiro atoms. The zero-order valence-electron chi connectivity index (χ0n) is 10.2. The van der Waals surface area contributed by atoms with Crippen LogP contribution in [0.2, 0.25) is 0 Å². The third-order valence-corrected chi connectivity index (χ3v) is 3.70. The number of hydrogen-bond acceptors (Lipinski definition) is 2. The second-order valence-corrected chi connectivity index (χ2v) is 5.38. The predicted octanol–water partition coefficient (Wildman–Crippen LogP) is 1.67. The van der Waals surface area contributed by atoms with Crippen molar-refractivity contribution >= 4 is 5.91 Å². The smallest absolute Gasteiger partial charge is 0.224 e. The molecule has 2 unspecified atom stereocenters. The normalized spacial score (nSPS) is 23.5. The molecule has 0 radical (unpaired) electrons. The summed E-state index contributed by atoms with van der Waals surface area (Å²) in [6.07, 6.45) is 5.07. The van der Waals surface area contributed by atoms with E-state index in [0.29, 0.717) is 5.41 Å². The van der Waals surface area contributed by atoms with E-state index in [1.165, 1.54) is 25.7 Å². The van der Waals surface area contributed by atoms with Crippen LogP contribution in [-0.4, -0.2) is 18.5 Å². The first-order chi connectivity index (χ1) is 6.94. The van der Waals surface area contributed by atoms with Gasteiger partial charge in [-0.1, -0.05) is 26.7 Å². The summed E-state index contributed by atoms with van der Waals surface area (Å²) in [5.74, 6) is 0.00753. The molecule has 1 saturated carbocycles. The fourth-order valence-corrected chi connectivity index (χ4v) is 2.11. The summed E-state index contributed by atoms with van der Waals surface area (Å²) in [5.41, 5.74) is 6.02. The molecule has 3 N–H and O–H groups in total. The zero-order valence-corrected chi connectivity index (χ0v) is 10.2. The quantitative estimate of drug-likeness (QED) is 0.744. The van der Waals surface area contributed by atoms with Crippen molar-refractivity contribution in [2.45, 2.75) is 52.5 Å². The maximum absolute atomic E-state index is 11.7. The van der Waals surface area contributed by atoms with E-state index >= 15 is 0 Å². The zero-order chi connectivity index (χ0) is 11.5. The van der Waals surface area contributed by atoms with Gasteiger partial charge >= 0.3 is 0 Å². The Morgan fingerprint density at radius 1 is 1.40 bits per heavy atom. The second-order valence-electron chi connectivity index (χ2n) is 5.38. The molecule has 2 atom stereocenters. The Kier molecular flexibility index (Phi) is 4.14. The van der Waals surface area contributed by atoms with E-state index in [9.17, 15) is 4.79 Å². The summed E-state index contributed by atoms with van der Waals surface area (Å²) in [6, 6.07) is -0.0682. The van der Waals surface area contributed by atoms with Crippen molar-refractivity contribution in [1.29, 1.82) is 0 Å². The van der Waals surface area contributed by atoms with Crippen molar-refractivity contribution in [3.05, 3.63) is 0 Å². The van der Waals surface area contributed by atoms with Crippen molar-refractivity contribution in [3.8, 4) is 0 Å². The summed E-state index contributed by atoms with van der Waals surface area (Å²) in [5, 5.41) is 3.03. The Bertz CT molecular complexity index is 220. The fourth-order valence-electron chi connectivity index (χ4n) is 2.11. The number of nitrogens with one attached hydrogen (secondary N) is 1. The van der Waals surface area contributed by atoms with Gasteiger partial charge in [0.25, 0.3) is 0 Å². The van der Waals surface area contributed by atoms with Gasteiger partial charge in [-0.15, -0.1) is 0 Å². The van der Waals surface area contributed by atoms with Crippen molar-refractivity contribution in [2.75, 3.05) is 6.54 Å². The highest BCUT2D eigenvalue weighted by atomic mass is 16.1. The van der Waals surface area contributed by atoms with Gasteiger partial charge in [-0.3, -0.25) is 4.79 Å². The molecule has 15 heavy (non-hydrogen) atoms. The highest BCUT2D eigenvalue weighted by Gasteiger charge is 2.29. The van der Waals surface area contributed by atoms with Crippen LogP contribution < -0.4 is 11.1 Å². The topological polar surface area (TPSA) is 55.1 Å². The second kappa shape index (κ2) is 4.97. The molecule has 0 heterocycles. The minimum atomic E-state index is -0.0880. The Balaban J connectivity index is 2.33. The molecule has 3 heteroatoms. The van der Waals surface area contributed by atoms with Gasteiger partial charge in [0.2, 0.25) is 5.91 Å². The highest BCUT2D eigenvalue weighted by molar-refractivity contribution is 5.78. The number of rotatable bonds is 4. The third-order valence-electron chi connectivity index (χ3n) is 3.70. The van der Waals surface area contributed by atoms with Crippen molar-refractivity contribution in [1.82, 2.24) is 5.32 Å². The Hall–Kier alpha value is -0.570. The number of carbonyl (C=O) groups is 1. The molecule has 1 aliphatic carbocycles. The van der Waals surface area contributed by atoms with Crippen molar-refractivity contribution in [3.63, 3.8) is 0 Å². The molecule has 1 amide bonds. The summed E-state index contributed by atoms with van der Waals surface area (Å²) >= 11 is 0. The summed E-state index contributed by atoms with van der Waals surface area (Å²) in [7, 11) is 0. The van der Waals surface area contributed by atoms with Crippen LogP contribution in [0.3, 0.4) is 0 Å². The van der Waals surface area contributed by atoms with E-state index < -0.39 is 0 Å². The molecule has 1 rings (SSSR count). The first-order valence-corrected chi connectivity index (χ1v) is 5.98. The number of carbonyl (C=O) groups excluding carboxylic acids is 1. The van der Waals surface area contributed by atoms with E-state index in [1.54, 1.807) is 0 Å². The van der Waals surface area contributed by atoms with Crippen LogP contribution in [0, 0.1) is 11.3 Å². The van der Waals surface area contributed by atoms with Crippen molar-refractivity contribution in [2.24, 2.45) is 17.1 Å². The SMILES string of the molecule is CC(N)C(C)C(=O)NCC1(C)CCCC1. The summed E-state index contributed by atoms with van der Waals surface area (Å²) in [6.45, 7) is 6.83. The third kappa shape index (κ3) is 3.49. The lowest BCUT2D eigenvalue weighted by molar-refractivity contribution is -0.125. The minimum absolute atomic E-state index is 0.0682. The molecule has 0 bridgehead atoms. The lowest BCUT2D eigenvalue weighted by Gasteiger charge is -2.25. The molecule has 0 aromatic rings. The van der Waals surface area contributed by atoms with Crippen LogP contribution >= 0.6 is 0 Å². The van der Waals surface area contributed by atoms with E-state index in [1.807, 2.05) is 13.8 Å². The fraction of sp³-hybridized carbons (Fsp3) is 0.917. The van der Waals surface area contributed by atoms with E-state index in [0.717, 1.165) is 6.54 Å². The van der Waals surface area contributed by atoms with Gasteiger partial charge in [-0.05, 0) is 25.2 Å². The van der Waals surface area contributed by atoms with Gasteiger partial charge in [-0.25, -0.2) is 0 Å². The summed E-state index contributed by atoms with van der Waals surface area (Å²) < 4.78 is 0. The van der Waals surface area contributed by atoms with Gasteiger partial charge in [0.15, 0.2) is 0 Å². The lowest BCUT2D eigenvalue weighted by atomic mass is 9.88. The van der Waals surface area contributed by atoms with Crippen LogP contribution in [0.15, 0.2) is 0 Å². The number of nitrogens with two attached hydrogens (primary N) is 1. The lowest BCUT2D eigenvalue weighted by Crippen LogP contribution is -2.42. The average molecular weight is 212 g/mol. The minimum Gasteiger partial charge on any atom is -0.355 e. The van der Waals surface area contributed by atoms with Gasteiger partial charge in [0, 0.05) is 18.5 Å². The average Bonchev–Trinajstić information content (AvgIpc) is 2.61. The maximum atomic E-state index is 11.7. The van der Waals surface area contributed by atoms with Gasteiger partial charge in [-0.2, -0.15) is 0 Å². The molecule has 0 aromatic heterocycles. The van der Waals surface area contributed by atoms with Crippen LogP contribution in [0.25, 0.3) is 0 Å². The standard InChI is InChI=1S/C12H24N2O/c1-9(10(2)13)11(15)14-8-12(3)6-4-5-7-12/h9-10H,4-8,13H2,1-3H3,(H,14,15). The molecule has 1 fully saturated rings. The largest absolute Gasteiger partial charge is 0.355 e. The molecule has 0 saturated heterocycles. The van der Waals surface area contributed by atoms with Gasteiger partial charge in [0.1, 0.15) is 0 Å². The van der Waals surface area contributed by atoms with E-state index in [-0.39, 0.29) is 17.9 Å². The molecule has 1 aliphatic rings. The first-order valence-electron chi connectivity index (χ1n) is 5.98. The predicted molar refractivity (Wildman–Crippen MR) is 62.4 cm³/mol. The Labute approximate surface area is 92.8 Å². The number of amides is 1. The number of hydrogen-bond donors (Lipinski definition) is 2. The van der Waals surface area contributed by atoms with Crippen LogP contribution in [0.5, 0.6) is 0 Å². The summed E-state index contributed by atoms with van der Waals surface area (Å²) in [4.78, 5) is 11.7. The Morgan fingerprint density at radius 3 is 2.40 bits per heavy atom. The molecular weight excluding hydrogens is 188 g/mol. The van der Waals surface area contributed by atoms with Gasteiger partial charge < -0.3 is 11.1 Å². The molecule has 0 aromatic carbocycles. The Morgan fingerprint density at radius 2 is 1.93 bits per heavy atom. The van der Waals surface area contributed by atoms with Crippen LogP contribution in [0.4, 0.5) is 0 Å². The van der Waals surface area contributed by atoms with Crippen LogP contribution in [0.1, 0.15) is 46.5 Å². The molecular formula is C12H24N2O. The first kappa shape index (κ1) is 12.5.